The van der Waals surface area contributed by atoms with E-state index in [9.17, 15) is 4.79 Å². The number of rotatable bonds is 3. The Morgan fingerprint density at radius 3 is 2.70 bits per heavy atom. The normalized spacial score (nSPS) is 9.00. The lowest BCUT2D eigenvalue weighted by atomic mass is 10.2. The highest BCUT2D eigenvalue weighted by molar-refractivity contribution is 5.77. The number of hydrogen-bond donors (Lipinski definition) is 1. The summed E-state index contributed by atoms with van der Waals surface area (Å²) in [5, 5.41) is 10.7. The van der Waals surface area contributed by atoms with Gasteiger partial charge in [-0.05, 0) is 5.92 Å². The highest BCUT2D eigenvalue weighted by Crippen LogP contribution is 1.87. The van der Waals surface area contributed by atoms with Crippen LogP contribution in [-0.4, -0.2) is 12.5 Å². The van der Waals surface area contributed by atoms with Crippen molar-refractivity contribution < 1.29 is 4.79 Å². The summed E-state index contributed by atoms with van der Waals surface area (Å²) in [7, 11) is 0. The topological polar surface area (TPSA) is 52.9 Å². The molecule has 0 aliphatic rings. The molecule has 0 unspecified atom stereocenters. The number of carbonyl (C=O) groups excluding carboxylic acids is 1. The molecule has 3 heteroatoms. The summed E-state index contributed by atoms with van der Waals surface area (Å²) in [6.07, 6.45) is -0.0350. The second kappa shape index (κ2) is 4.80. The van der Waals surface area contributed by atoms with Crippen molar-refractivity contribution in [1.82, 2.24) is 5.32 Å². The molecular formula is C7H12N2O. The maximum Gasteiger partial charge on any atom is 0.234 e. The monoisotopic (exact) mass is 140 g/mol. The Morgan fingerprint density at radius 1 is 1.70 bits per heavy atom. The Morgan fingerprint density at radius 2 is 2.30 bits per heavy atom. The van der Waals surface area contributed by atoms with Gasteiger partial charge >= 0.3 is 0 Å². The fourth-order valence-corrected chi connectivity index (χ4v) is 0.452. The van der Waals surface area contributed by atoms with Gasteiger partial charge in [0, 0.05) is 6.54 Å². The van der Waals surface area contributed by atoms with Crippen molar-refractivity contribution >= 4 is 5.91 Å². The average Bonchev–Trinajstić information content (AvgIpc) is 1.85. The van der Waals surface area contributed by atoms with Gasteiger partial charge in [-0.15, -0.1) is 0 Å². The van der Waals surface area contributed by atoms with Crippen LogP contribution >= 0.6 is 0 Å². The first kappa shape index (κ1) is 8.96. The molecule has 0 aliphatic heterocycles. The molecule has 1 amide bonds. The van der Waals surface area contributed by atoms with Gasteiger partial charge < -0.3 is 5.32 Å². The van der Waals surface area contributed by atoms with E-state index < -0.39 is 0 Å². The van der Waals surface area contributed by atoms with Gasteiger partial charge in [0.15, 0.2) is 0 Å². The van der Waals surface area contributed by atoms with Crippen LogP contribution in [0.4, 0.5) is 0 Å². The highest BCUT2D eigenvalue weighted by Gasteiger charge is 1.99. The molecule has 1 N–H and O–H groups in total. The maximum absolute atomic E-state index is 10.6. The SMILES string of the molecule is CC(C)CNC(=O)CC#N. The molecule has 0 radical (unpaired) electrons. The van der Waals surface area contributed by atoms with Crippen LogP contribution in [0.25, 0.3) is 0 Å². The summed E-state index contributed by atoms with van der Waals surface area (Å²) in [4.78, 5) is 10.6. The van der Waals surface area contributed by atoms with Crippen LogP contribution in [0.2, 0.25) is 0 Å². The Bertz CT molecular complexity index is 146. The molecular weight excluding hydrogens is 128 g/mol. The first-order valence-electron chi connectivity index (χ1n) is 3.30. The number of nitriles is 1. The zero-order valence-electron chi connectivity index (χ0n) is 6.35. The maximum atomic E-state index is 10.6. The average molecular weight is 140 g/mol. The van der Waals surface area contributed by atoms with Gasteiger partial charge in [0.1, 0.15) is 6.42 Å². The van der Waals surface area contributed by atoms with Gasteiger partial charge in [-0.3, -0.25) is 4.79 Å². The number of carbonyl (C=O) groups is 1. The largest absolute Gasteiger partial charge is 0.355 e. The highest BCUT2D eigenvalue weighted by atomic mass is 16.1. The minimum Gasteiger partial charge on any atom is -0.355 e. The fraction of sp³-hybridized carbons (Fsp3) is 0.714. The predicted octanol–water partition coefficient (Wildman–Crippen LogP) is 0.672. The molecule has 3 nitrogen and oxygen atoms in total. The summed E-state index contributed by atoms with van der Waals surface area (Å²) in [6, 6.07) is 1.78. The second-order valence-corrected chi connectivity index (χ2v) is 2.53. The van der Waals surface area contributed by atoms with Crippen LogP contribution in [0.15, 0.2) is 0 Å². The van der Waals surface area contributed by atoms with E-state index in [1.807, 2.05) is 13.8 Å². The van der Waals surface area contributed by atoms with E-state index in [4.69, 9.17) is 5.26 Å². The van der Waals surface area contributed by atoms with Crippen LogP contribution < -0.4 is 5.32 Å². The molecule has 0 heterocycles. The van der Waals surface area contributed by atoms with Crippen LogP contribution in [0, 0.1) is 17.2 Å². The molecule has 0 aliphatic carbocycles. The summed E-state index contributed by atoms with van der Waals surface area (Å²) in [6.45, 7) is 4.67. The van der Waals surface area contributed by atoms with Crippen molar-refractivity contribution in [3.63, 3.8) is 0 Å². The summed E-state index contributed by atoms with van der Waals surface area (Å²) >= 11 is 0. The molecule has 0 aromatic rings. The van der Waals surface area contributed by atoms with E-state index in [-0.39, 0.29) is 12.3 Å². The third-order valence-corrected chi connectivity index (χ3v) is 0.947. The zero-order valence-corrected chi connectivity index (χ0v) is 6.35. The molecule has 0 fully saturated rings. The smallest absolute Gasteiger partial charge is 0.234 e. The van der Waals surface area contributed by atoms with Crippen LogP contribution in [0.1, 0.15) is 20.3 Å². The molecule has 0 atom stereocenters. The van der Waals surface area contributed by atoms with Gasteiger partial charge in [0.2, 0.25) is 5.91 Å². The van der Waals surface area contributed by atoms with E-state index in [1.165, 1.54) is 0 Å². The number of nitrogens with zero attached hydrogens (tertiary/aromatic N) is 1. The zero-order chi connectivity index (χ0) is 7.98. The van der Waals surface area contributed by atoms with Gasteiger partial charge in [0.05, 0.1) is 6.07 Å². The molecule has 10 heavy (non-hydrogen) atoms. The Hall–Kier alpha value is -1.04. The van der Waals surface area contributed by atoms with E-state index >= 15 is 0 Å². The summed E-state index contributed by atoms with van der Waals surface area (Å²) in [5.41, 5.74) is 0. The Kier molecular flexibility index (Phi) is 4.30. The van der Waals surface area contributed by atoms with Crippen molar-refractivity contribution in [2.24, 2.45) is 5.92 Å². The van der Waals surface area contributed by atoms with Gasteiger partial charge in [-0.25, -0.2) is 0 Å². The van der Waals surface area contributed by atoms with Crippen molar-refractivity contribution in [2.75, 3.05) is 6.54 Å². The van der Waals surface area contributed by atoms with Gasteiger partial charge in [-0.1, -0.05) is 13.8 Å². The van der Waals surface area contributed by atoms with Gasteiger partial charge in [0.25, 0.3) is 0 Å². The van der Waals surface area contributed by atoms with E-state index in [0.717, 1.165) is 0 Å². The lowest BCUT2D eigenvalue weighted by Gasteiger charge is -2.04. The standard InChI is InChI=1S/C7H12N2O/c1-6(2)5-9-7(10)3-4-8/h6H,3,5H2,1-2H3,(H,9,10). The number of amides is 1. The van der Waals surface area contributed by atoms with Gasteiger partial charge in [-0.2, -0.15) is 5.26 Å². The summed E-state index contributed by atoms with van der Waals surface area (Å²) in [5.74, 6) is 0.263. The molecule has 0 rings (SSSR count). The first-order valence-corrected chi connectivity index (χ1v) is 3.30. The van der Waals surface area contributed by atoms with Crippen molar-refractivity contribution in [2.45, 2.75) is 20.3 Å². The first-order chi connectivity index (χ1) is 4.66. The Balaban J connectivity index is 3.33. The second-order valence-electron chi connectivity index (χ2n) is 2.53. The van der Waals surface area contributed by atoms with Crippen molar-refractivity contribution in [3.8, 4) is 6.07 Å². The van der Waals surface area contributed by atoms with Crippen LogP contribution in [0.5, 0.6) is 0 Å². The fourth-order valence-electron chi connectivity index (χ4n) is 0.452. The lowest BCUT2D eigenvalue weighted by Crippen LogP contribution is -2.26. The molecule has 0 aromatic heterocycles. The van der Waals surface area contributed by atoms with E-state index in [2.05, 4.69) is 5.32 Å². The summed E-state index contributed by atoms with van der Waals surface area (Å²) < 4.78 is 0. The quantitative estimate of drug-likeness (QED) is 0.626. The minimum absolute atomic E-state index is 0.0350. The molecule has 0 bridgehead atoms. The molecule has 0 spiro atoms. The predicted molar refractivity (Wildman–Crippen MR) is 38.1 cm³/mol. The Labute approximate surface area is 61.0 Å². The van der Waals surface area contributed by atoms with E-state index in [1.54, 1.807) is 6.07 Å². The van der Waals surface area contributed by atoms with Crippen molar-refractivity contribution in [1.29, 1.82) is 5.26 Å². The van der Waals surface area contributed by atoms with Crippen LogP contribution in [-0.2, 0) is 4.79 Å². The van der Waals surface area contributed by atoms with Crippen LogP contribution in [0.3, 0.4) is 0 Å². The molecule has 56 valence electrons. The number of hydrogen-bond acceptors (Lipinski definition) is 2. The minimum atomic E-state index is -0.184. The lowest BCUT2D eigenvalue weighted by molar-refractivity contribution is -0.120. The third kappa shape index (κ3) is 5.10. The van der Waals surface area contributed by atoms with E-state index in [0.29, 0.717) is 12.5 Å². The van der Waals surface area contributed by atoms with Crippen molar-refractivity contribution in [3.05, 3.63) is 0 Å². The molecule has 0 aromatic carbocycles. The third-order valence-electron chi connectivity index (χ3n) is 0.947. The number of nitrogens with one attached hydrogen (secondary N) is 1. The molecule has 0 saturated heterocycles. The molecule has 0 saturated carbocycles.